The van der Waals surface area contributed by atoms with Gasteiger partial charge in [-0.15, -0.1) is 0 Å². The predicted octanol–water partition coefficient (Wildman–Crippen LogP) is 16.3. The van der Waals surface area contributed by atoms with Crippen LogP contribution in [-0.4, -0.2) is 113 Å². The lowest BCUT2D eigenvalue weighted by atomic mass is 10.1. The van der Waals surface area contributed by atoms with Crippen molar-refractivity contribution in [3.63, 3.8) is 0 Å². The monoisotopic (exact) mass is 1150 g/mol. The van der Waals surface area contributed by atoms with Crippen molar-refractivity contribution >= 4 is 35.8 Å². The van der Waals surface area contributed by atoms with Gasteiger partial charge in [0, 0.05) is 38.5 Å². The van der Waals surface area contributed by atoms with Crippen LogP contribution in [-0.2, 0) is 71.4 Å². The molecule has 15 heteroatoms. The zero-order valence-electron chi connectivity index (χ0n) is 52.8. The van der Waals surface area contributed by atoms with Gasteiger partial charge in [0.25, 0.3) is 0 Å². The van der Waals surface area contributed by atoms with Gasteiger partial charge in [-0.05, 0) is 38.5 Å². The maximum Gasteiger partial charge on any atom is 0.306 e. The molecule has 4 atom stereocenters. The first kappa shape index (κ1) is 77.7. The van der Waals surface area contributed by atoms with E-state index in [0.29, 0.717) is 25.7 Å². The molecule has 15 nitrogen and oxygen atoms in total. The smallest absolute Gasteiger partial charge is 0.306 e. The normalized spacial score (nSPS) is 12.8. The summed E-state index contributed by atoms with van der Waals surface area (Å²) in [6.45, 7) is 12.0. The van der Waals surface area contributed by atoms with Gasteiger partial charge in [0.2, 0.25) is 0 Å². The van der Waals surface area contributed by atoms with Crippen molar-refractivity contribution < 1.29 is 71.4 Å². The van der Waals surface area contributed by atoms with Crippen LogP contribution in [0.2, 0.25) is 0 Å². The summed E-state index contributed by atoms with van der Waals surface area (Å²) >= 11 is 0. The van der Waals surface area contributed by atoms with Crippen molar-refractivity contribution in [2.75, 3.05) is 52.9 Å². The highest BCUT2D eigenvalue weighted by atomic mass is 16.6. The third kappa shape index (κ3) is 54.4. The van der Waals surface area contributed by atoms with Gasteiger partial charge in [0.05, 0.1) is 39.6 Å². The van der Waals surface area contributed by atoms with Crippen molar-refractivity contribution in [3.8, 4) is 0 Å². The molecular weight excluding hydrogens is 1030 g/mol. The van der Waals surface area contributed by atoms with Crippen molar-refractivity contribution in [2.45, 2.75) is 336 Å². The average molecular weight is 1160 g/mol. The number of carbonyl (C=O) groups is 6. The standard InChI is InChI=1S/C66H122O15/c1-7-13-19-25-31-37-43-61(67)76-55-59(80-65(71)47-41-35-29-23-17-11-5)53-74-51-57(78-63(69)45-39-33-27-21-15-9-3)49-73-50-58(79-64(70)46-40-34-28-22-16-10-4)52-75-54-60(81-66(72)48-42-36-30-24-18-12-6)56-77-62(68)44-38-32-26-20-14-8-2/h57-60H,7-56H2,1-6H3. The van der Waals surface area contributed by atoms with E-state index in [1.165, 1.54) is 12.8 Å². The van der Waals surface area contributed by atoms with Crippen molar-refractivity contribution in [1.82, 2.24) is 0 Å². The zero-order valence-corrected chi connectivity index (χ0v) is 52.8. The molecule has 0 saturated carbocycles. The number of hydrogen-bond acceptors (Lipinski definition) is 15. The minimum Gasteiger partial charge on any atom is -0.462 e. The van der Waals surface area contributed by atoms with Crippen LogP contribution in [0.15, 0.2) is 0 Å². The lowest BCUT2D eigenvalue weighted by molar-refractivity contribution is -0.169. The maximum atomic E-state index is 13.3. The van der Waals surface area contributed by atoms with Crippen molar-refractivity contribution in [2.24, 2.45) is 0 Å². The Morgan fingerprint density at radius 2 is 0.370 bits per heavy atom. The van der Waals surface area contributed by atoms with Crippen LogP contribution < -0.4 is 0 Å². The first-order chi connectivity index (χ1) is 39.5. The minimum absolute atomic E-state index is 0.108. The van der Waals surface area contributed by atoms with E-state index < -0.39 is 48.3 Å². The molecule has 0 heterocycles. The van der Waals surface area contributed by atoms with Gasteiger partial charge in [-0.3, -0.25) is 28.8 Å². The number of hydrogen-bond donors (Lipinski definition) is 0. The van der Waals surface area contributed by atoms with E-state index in [9.17, 15) is 28.8 Å². The summed E-state index contributed by atoms with van der Waals surface area (Å²) in [4.78, 5) is 78.3. The number of rotatable bonds is 62. The Balaban J connectivity index is 6.20. The van der Waals surface area contributed by atoms with Crippen LogP contribution in [0.3, 0.4) is 0 Å². The summed E-state index contributed by atoms with van der Waals surface area (Å²) in [6, 6.07) is 0. The van der Waals surface area contributed by atoms with E-state index >= 15 is 0 Å². The summed E-state index contributed by atoms with van der Waals surface area (Å²) < 4.78 is 53.2. The summed E-state index contributed by atoms with van der Waals surface area (Å²) in [5.74, 6) is -2.29. The fourth-order valence-corrected chi connectivity index (χ4v) is 9.25. The summed E-state index contributed by atoms with van der Waals surface area (Å²) in [5, 5.41) is 0. The van der Waals surface area contributed by atoms with Crippen LogP contribution in [0.5, 0.6) is 0 Å². The van der Waals surface area contributed by atoms with Gasteiger partial charge < -0.3 is 42.6 Å². The third-order valence-corrected chi connectivity index (χ3v) is 14.3. The second-order valence-corrected chi connectivity index (χ2v) is 22.5. The third-order valence-electron chi connectivity index (χ3n) is 14.3. The molecule has 0 radical (unpaired) electrons. The lowest BCUT2D eigenvalue weighted by Crippen LogP contribution is -2.36. The first-order valence-corrected chi connectivity index (χ1v) is 33.3. The Morgan fingerprint density at radius 3 is 0.568 bits per heavy atom. The molecule has 4 unspecified atom stereocenters. The number of carbonyl (C=O) groups excluding carboxylic acids is 6. The second-order valence-electron chi connectivity index (χ2n) is 22.5. The van der Waals surface area contributed by atoms with Gasteiger partial charge in [0.1, 0.15) is 25.4 Å². The molecule has 81 heavy (non-hydrogen) atoms. The molecule has 0 aromatic heterocycles. The minimum atomic E-state index is -0.880. The van der Waals surface area contributed by atoms with Crippen molar-refractivity contribution in [3.05, 3.63) is 0 Å². The molecule has 0 aliphatic heterocycles. The van der Waals surface area contributed by atoms with Crippen molar-refractivity contribution in [1.29, 1.82) is 0 Å². The predicted molar refractivity (Wildman–Crippen MR) is 322 cm³/mol. The maximum absolute atomic E-state index is 13.3. The largest absolute Gasteiger partial charge is 0.462 e. The van der Waals surface area contributed by atoms with E-state index in [1.54, 1.807) is 0 Å². The van der Waals surface area contributed by atoms with Gasteiger partial charge in [0.15, 0.2) is 12.2 Å². The van der Waals surface area contributed by atoms with Crippen LogP contribution in [0.25, 0.3) is 0 Å². The summed E-state index contributed by atoms with van der Waals surface area (Å²) in [6.07, 6.45) is 34.6. The molecule has 0 bridgehead atoms. The van der Waals surface area contributed by atoms with Gasteiger partial charge in [-0.2, -0.15) is 0 Å². The van der Waals surface area contributed by atoms with Crippen LogP contribution >= 0.6 is 0 Å². The van der Waals surface area contributed by atoms with Gasteiger partial charge >= 0.3 is 35.8 Å². The molecule has 0 aliphatic rings. The number of esters is 6. The molecule has 0 fully saturated rings. The quantitative estimate of drug-likeness (QED) is 0.0318. The Kier molecular flexibility index (Phi) is 57.4. The highest BCUT2D eigenvalue weighted by Gasteiger charge is 2.24. The average Bonchev–Trinajstić information content (AvgIpc) is 3.44. The zero-order chi connectivity index (χ0) is 59.5. The van der Waals surface area contributed by atoms with E-state index in [-0.39, 0.29) is 103 Å². The lowest BCUT2D eigenvalue weighted by Gasteiger charge is -2.24. The SMILES string of the molecule is CCCCCCCCC(=O)OCC(COCC(COCC(COCC(COC(=O)CCCCCCCC)OC(=O)CCCCCCCC)OC(=O)CCCCCCCC)OC(=O)CCCCCCCC)OC(=O)CCCCCCCC. The van der Waals surface area contributed by atoms with Crippen LogP contribution in [0.1, 0.15) is 311 Å². The van der Waals surface area contributed by atoms with E-state index in [1.807, 2.05) is 0 Å². The molecule has 0 saturated heterocycles. The molecular formula is C66H122O15. The number of unbranched alkanes of at least 4 members (excludes halogenated alkanes) is 30. The highest BCUT2D eigenvalue weighted by Crippen LogP contribution is 2.16. The Labute approximate surface area is 493 Å². The molecule has 0 rings (SSSR count). The molecule has 0 aromatic carbocycles. The van der Waals surface area contributed by atoms with Crippen LogP contribution in [0.4, 0.5) is 0 Å². The Hall–Kier alpha value is -3.30. The topological polar surface area (TPSA) is 185 Å². The Morgan fingerprint density at radius 1 is 0.210 bits per heavy atom. The fraction of sp³-hybridized carbons (Fsp3) is 0.909. The number of ether oxygens (including phenoxy) is 9. The highest BCUT2D eigenvalue weighted by molar-refractivity contribution is 5.71. The Bertz CT molecular complexity index is 1370. The molecule has 476 valence electrons. The fourth-order valence-electron chi connectivity index (χ4n) is 9.25. The van der Waals surface area contributed by atoms with E-state index in [4.69, 9.17) is 42.6 Å². The summed E-state index contributed by atoms with van der Waals surface area (Å²) in [7, 11) is 0. The second kappa shape index (κ2) is 59.8. The summed E-state index contributed by atoms with van der Waals surface area (Å²) in [5.41, 5.74) is 0. The van der Waals surface area contributed by atoms with Gasteiger partial charge in [-0.25, -0.2) is 0 Å². The molecule has 0 N–H and O–H groups in total. The van der Waals surface area contributed by atoms with E-state index in [2.05, 4.69) is 41.5 Å². The van der Waals surface area contributed by atoms with E-state index in [0.717, 1.165) is 193 Å². The molecule has 0 amide bonds. The molecule has 0 aromatic rings. The molecule has 0 aliphatic carbocycles. The van der Waals surface area contributed by atoms with Crippen LogP contribution in [0, 0.1) is 0 Å². The van der Waals surface area contributed by atoms with Gasteiger partial charge in [-0.1, -0.05) is 234 Å². The first-order valence-electron chi connectivity index (χ1n) is 33.3. The molecule has 0 spiro atoms.